The molecule has 0 atom stereocenters. The molecule has 0 N–H and O–H groups in total. The van der Waals surface area contributed by atoms with Crippen molar-refractivity contribution in [3.05, 3.63) is 22.2 Å². The number of carbonyl (C=O) groups is 1. The van der Waals surface area contributed by atoms with Crippen molar-refractivity contribution in [3.63, 3.8) is 0 Å². The lowest BCUT2D eigenvalue weighted by Gasteiger charge is -2.14. The van der Waals surface area contributed by atoms with Crippen LogP contribution in [0.5, 0.6) is 11.5 Å². The standard InChI is InChI=1S/C12H16BrNO4/c1-14(2)12(15)18-7-8-5-10(16-3)11(17-4)6-9(8)13/h5-6H,7H2,1-4H3. The number of ether oxygens (including phenoxy) is 3. The van der Waals surface area contributed by atoms with Crippen LogP contribution in [0.25, 0.3) is 0 Å². The molecule has 0 bridgehead atoms. The monoisotopic (exact) mass is 317 g/mol. The first-order valence-corrected chi connectivity index (χ1v) is 6.03. The molecule has 0 radical (unpaired) electrons. The Morgan fingerprint density at radius 2 is 1.78 bits per heavy atom. The van der Waals surface area contributed by atoms with Gasteiger partial charge in [-0.2, -0.15) is 0 Å². The molecule has 0 saturated heterocycles. The molecule has 0 unspecified atom stereocenters. The summed E-state index contributed by atoms with van der Waals surface area (Å²) in [6.07, 6.45) is -0.392. The molecule has 0 aromatic heterocycles. The normalized spacial score (nSPS) is 9.83. The first-order chi connectivity index (χ1) is 8.49. The SMILES string of the molecule is COc1cc(Br)c(COC(=O)N(C)C)cc1OC. The van der Waals surface area contributed by atoms with Crippen LogP contribution in [-0.4, -0.2) is 39.3 Å². The highest BCUT2D eigenvalue weighted by Crippen LogP contribution is 2.33. The van der Waals surface area contributed by atoms with E-state index >= 15 is 0 Å². The van der Waals surface area contributed by atoms with Crippen LogP contribution < -0.4 is 9.47 Å². The Kier molecular flexibility index (Phi) is 5.27. The van der Waals surface area contributed by atoms with E-state index in [0.717, 1.165) is 10.0 Å². The molecule has 6 heteroatoms. The maximum Gasteiger partial charge on any atom is 0.409 e. The highest BCUT2D eigenvalue weighted by Gasteiger charge is 2.12. The molecule has 0 spiro atoms. The summed E-state index contributed by atoms with van der Waals surface area (Å²) < 4.78 is 16.3. The van der Waals surface area contributed by atoms with E-state index in [-0.39, 0.29) is 6.61 Å². The molecule has 0 aliphatic heterocycles. The zero-order valence-corrected chi connectivity index (χ0v) is 12.4. The summed E-state index contributed by atoms with van der Waals surface area (Å²) in [6, 6.07) is 3.55. The largest absolute Gasteiger partial charge is 0.493 e. The van der Waals surface area contributed by atoms with Gasteiger partial charge in [0.15, 0.2) is 11.5 Å². The van der Waals surface area contributed by atoms with Gasteiger partial charge in [-0.25, -0.2) is 4.79 Å². The number of nitrogens with zero attached hydrogens (tertiary/aromatic N) is 1. The maximum atomic E-state index is 11.3. The Bertz CT molecular complexity index is 434. The van der Waals surface area contributed by atoms with E-state index in [1.807, 2.05) is 0 Å². The number of halogens is 1. The summed E-state index contributed by atoms with van der Waals surface area (Å²) in [5, 5.41) is 0. The van der Waals surface area contributed by atoms with Gasteiger partial charge in [-0.05, 0) is 12.1 Å². The summed E-state index contributed by atoms with van der Waals surface area (Å²) in [7, 11) is 6.38. The third kappa shape index (κ3) is 3.53. The second kappa shape index (κ2) is 6.49. The van der Waals surface area contributed by atoms with Crippen molar-refractivity contribution in [1.29, 1.82) is 0 Å². The fourth-order valence-corrected chi connectivity index (χ4v) is 1.71. The highest BCUT2D eigenvalue weighted by molar-refractivity contribution is 9.10. The van der Waals surface area contributed by atoms with Gasteiger partial charge in [0.05, 0.1) is 14.2 Å². The van der Waals surface area contributed by atoms with Crippen LogP contribution in [0.1, 0.15) is 5.56 Å². The van der Waals surface area contributed by atoms with E-state index in [1.165, 1.54) is 4.90 Å². The zero-order chi connectivity index (χ0) is 13.7. The molecule has 0 saturated carbocycles. The van der Waals surface area contributed by atoms with Crippen LogP contribution in [0, 0.1) is 0 Å². The quantitative estimate of drug-likeness (QED) is 0.856. The molecule has 1 aromatic carbocycles. The third-order valence-corrected chi connectivity index (χ3v) is 3.01. The number of carbonyl (C=O) groups excluding carboxylic acids is 1. The summed E-state index contributed by atoms with van der Waals surface area (Å²) >= 11 is 3.40. The second-order valence-electron chi connectivity index (χ2n) is 3.75. The molecule has 1 aromatic rings. The number of hydrogen-bond acceptors (Lipinski definition) is 4. The van der Waals surface area contributed by atoms with Crippen LogP contribution in [0.4, 0.5) is 4.79 Å². The minimum absolute atomic E-state index is 0.165. The number of rotatable bonds is 4. The molecule has 0 heterocycles. The summed E-state index contributed by atoms with van der Waals surface area (Å²) in [4.78, 5) is 12.7. The van der Waals surface area contributed by atoms with Gasteiger partial charge in [-0.15, -0.1) is 0 Å². The topological polar surface area (TPSA) is 48.0 Å². The third-order valence-electron chi connectivity index (χ3n) is 2.27. The lowest BCUT2D eigenvalue weighted by atomic mass is 10.2. The lowest BCUT2D eigenvalue weighted by Crippen LogP contribution is -2.22. The van der Waals surface area contributed by atoms with E-state index < -0.39 is 6.09 Å². The molecular weight excluding hydrogens is 302 g/mol. The van der Waals surface area contributed by atoms with Crippen LogP contribution in [0.2, 0.25) is 0 Å². The molecular formula is C12H16BrNO4. The number of benzene rings is 1. The maximum absolute atomic E-state index is 11.3. The minimum atomic E-state index is -0.392. The van der Waals surface area contributed by atoms with Gasteiger partial charge in [0.25, 0.3) is 0 Å². The Morgan fingerprint density at radius 3 is 2.28 bits per heavy atom. The number of amides is 1. The van der Waals surface area contributed by atoms with Gasteiger partial charge >= 0.3 is 6.09 Å². The Balaban J connectivity index is 2.86. The zero-order valence-electron chi connectivity index (χ0n) is 10.8. The van der Waals surface area contributed by atoms with Gasteiger partial charge < -0.3 is 19.1 Å². The van der Waals surface area contributed by atoms with E-state index in [1.54, 1.807) is 40.4 Å². The van der Waals surface area contributed by atoms with Gasteiger partial charge in [-0.3, -0.25) is 0 Å². The minimum Gasteiger partial charge on any atom is -0.493 e. The van der Waals surface area contributed by atoms with Gasteiger partial charge in [0.1, 0.15) is 6.61 Å². The first-order valence-electron chi connectivity index (χ1n) is 5.24. The van der Waals surface area contributed by atoms with Gasteiger partial charge in [-0.1, -0.05) is 15.9 Å². The summed E-state index contributed by atoms with van der Waals surface area (Å²) in [5.74, 6) is 1.21. The van der Waals surface area contributed by atoms with Crippen molar-refractivity contribution < 1.29 is 19.0 Å². The predicted octanol–water partition coefficient (Wildman–Crippen LogP) is 2.66. The average molecular weight is 318 g/mol. The first kappa shape index (κ1) is 14.6. The van der Waals surface area contributed by atoms with E-state index in [4.69, 9.17) is 14.2 Å². The molecule has 1 amide bonds. The van der Waals surface area contributed by atoms with Crippen molar-refractivity contribution in [3.8, 4) is 11.5 Å². The predicted molar refractivity (Wildman–Crippen MR) is 71.1 cm³/mol. The van der Waals surface area contributed by atoms with E-state index in [9.17, 15) is 4.79 Å². The van der Waals surface area contributed by atoms with Crippen LogP contribution in [0.15, 0.2) is 16.6 Å². The fraction of sp³-hybridized carbons (Fsp3) is 0.417. The Hall–Kier alpha value is -1.43. The molecule has 0 fully saturated rings. The summed E-state index contributed by atoms with van der Waals surface area (Å²) in [6.45, 7) is 0.165. The molecule has 5 nitrogen and oxygen atoms in total. The van der Waals surface area contributed by atoms with Crippen LogP contribution in [0.3, 0.4) is 0 Å². The highest BCUT2D eigenvalue weighted by atomic mass is 79.9. The molecule has 18 heavy (non-hydrogen) atoms. The number of hydrogen-bond donors (Lipinski definition) is 0. The lowest BCUT2D eigenvalue weighted by molar-refractivity contribution is 0.112. The average Bonchev–Trinajstić information content (AvgIpc) is 2.36. The van der Waals surface area contributed by atoms with E-state index in [0.29, 0.717) is 11.5 Å². The van der Waals surface area contributed by atoms with Crippen molar-refractivity contribution in [2.24, 2.45) is 0 Å². The van der Waals surface area contributed by atoms with E-state index in [2.05, 4.69) is 15.9 Å². The molecule has 1 rings (SSSR count). The molecule has 0 aliphatic carbocycles. The van der Waals surface area contributed by atoms with Crippen molar-refractivity contribution in [1.82, 2.24) is 4.90 Å². The van der Waals surface area contributed by atoms with Gasteiger partial charge in [0, 0.05) is 24.1 Å². The fourth-order valence-electron chi connectivity index (χ4n) is 1.28. The Labute approximate surface area is 115 Å². The van der Waals surface area contributed by atoms with Gasteiger partial charge in [0.2, 0.25) is 0 Å². The molecule has 100 valence electrons. The van der Waals surface area contributed by atoms with Crippen LogP contribution in [-0.2, 0) is 11.3 Å². The van der Waals surface area contributed by atoms with Crippen molar-refractivity contribution in [2.45, 2.75) is 6.61 Å². The second-order valence-corrected chi connectivity index (χ2v) is 4.60. The number of methoxy groups -OCH3 is 2. The summed E-state index contributed by atoms with van der Waals surface area (Å²) in [5.41, 5.74) is 0.808. The molecule has 0 aliphatic rings. The Morgan fingerprint density at radius 1 is 1.22 bits per heavy atom. The van der Waals surface area contributed by atoms with Crippen LogP contribution >= 0.6 is 15.9 Å². The smallest absolute Gasteiger partial charge is 0.409 e. The van der Waals surface area contributed by atoms with Crippen molar-refractivity contribution >= 4 is 22.0 Å². The van der Waals surface area contributed by atoms with Crippen molar-refractivity contribution in [2.75, 3.05) is 28.3 Å².